The summed E-state index contributed by atoms with van der Waals surface area (Å²) in [6, 6.07) is 30.0. The molecule has 0 radical (unpaired) electrons. The maximum Gasteiger partial charge on any atom is 2.00 e. The zero-order chi connectivity index (χ0) is 13.8. The topological polar surface area (TPSA) is 20.2 Å². The SMILES string of the molecule is O[Si](c1ccccc1)(c1ccccc1)c1ccccc1.[H-].[H-].[Mg+2]. The van der Waals surface area contributed by atoms with E-state index in [1.165, 1.54) is 0 Å². The van der Waals surface area contributed by atoms with Crippen LogP contribution in [0.5, 0.6) is 0 Å². The van der Waals surface area contributed by atoms with Gasteiger partial charge in [0.1, 0.15) is 0 Å². The van der Waals surface area contributed by atoms with Crippen LogP contribution < -0.4 is 15.6 Å². The summed E-state index contributed by atoms with van der Waals surface area (Å²) >= 11 is 0. The molecular formula is C18H18MgOSi. The van der Waals surface area contributed by atoms with Gasteiger partial charge in [-0.2, -0.15) is 0 Å². The van der Waals surface area contributed by atoms with Crippen molar-refractivity contribution >= 4 is 46.9 Å². The second-order valence-electron chi connectivity index (χ2n) is 4.81. The fourth-order valence-corrected chi connectivity index (χ4v) is 5.56. The molecular weight excluding hydrogens is 285 g/mol. The van der Waals surface area contributed by atoms with E-state index in [1.807, 2.05) is 91.0 Å². The van der Waals surface area contributed by atoms with Gasteiger partial charge in [-0.25, -0.2) is 0 Å². The van der Waals surface area contributed by atoms with E-state index in [4.69, 9.17) is 0 Å². The van der Waals surface area contributed by atoms with Gasteiger partial charge in [0, 0.05) is 0 Å². The van der Waals surface area contributed by atoms with Crippen molar-refractivity contribution in [2.24, 2.45) is 0 Å². The predicted octanol–water partition coefficient (Wildman–Crippen LogP) is 1.49. The van der Waals surface area contributed by atoms with Crippen LogP contribution in [-0.2, 0) is 0 Å². The molecule has 3 aromatic carbocycles. The van der Waals surface area contributed by atoms with Crippen LogP contribution in [0.3, 0.4) is 0 Å². The molecule has 0 aliphatic heterocycles. The molecule has 0 unspecified atom stereocenters. The molecule has 0 aromatic heterocycles. The summed E-state index contributed by atoms with van der Waals surface area (Å²) in [7, 11) is -2.88. The standard InChI is InChI=1S/C18H16OSi.Mg.2H/c19-20(16-10-4-1-5-11-16,17-12-6-2-7-13-17)18-14-8-3-9-15-18;;;/h1-15,19H;;;/q;+2;2*-1. The van der Waals surface area contributed by atoms with Gasteiger partial charge in [-0.15, -0.1) is 0 Å². The van der Waals surface area contributed by atoms with Crippen LogP contribution in [0.25, 0.3) is 0 Å². The average molecular weight is 303 g/mol. The summed E-state index contributed by atoms with van der Waals surface area (Å²) in [5.74, 6) is 0. The number of benzene rings is 3. The van der Waals surface area contributed by atoms with Crippen molar-refractivity contribution in [2.45, 2.75) is 0 Å². The molecule has 3 heteroatoms. The van der Waals surface area contributed by atoms with E-state index < -0.39 is 8.32 Å². The minimum absolute atomic E-state index is 0. The third kappa shape index (κ3) is 3.11. The number of hydrogen-bond acceptors (Lipinski definition) is 1. The Morgan fingerprint density at radius 2 is 0.762 bits per heavy atom. The summed E-state index contributed by atoms with van der Waals surface area (Å²) in [5, 5.41) is 3.03. The Bertz CT molecular complexity index is 584. The minimum Gasteiger partial charge on any atom is -1.00 e. The smallest absolute Gasteiger partial charge is 1.00 e. The van der Waals surface area contributed by atoms with Crippen molar-refractivity contribution in [3.8, 4) is 0 Å². The van der Waals surface area contributed by atoms with E-state index >= 15 is 0 Å². The summed E-state index contributed by atoms with van der Waals surface area (Å²) < 4.78 is 0. The third-order valence-electron chi connectivity index (χ3n) is 3.57. The zero-order valence-corrected chi connectivity index (χ0v) is 14.2. The second-order valence-corrected chi connectivity index (χ2v) is 7.96. The predicted molar refractivity (Wildman–Crippen MR) is 94.2 cm³/mol. The molecule has 0 fully saturated rings. The molecule has 0 aliphatic rings. The van der Waals surface area contributed by atoms with E-state index in [9.17, 15) is 4.80 Å². The van der Waals surface area contributed by atoms with Crippen molar-refractivity contribution in [3.63, 3.8) is 0 Å². The molecule has 0 aliphatic carbocycles. The molecule has 3 rings (SSSR count). The quantitative estimate of drug-likeness (QED) is 0.574. The summed E-state index contributed by atoms with van der Waals surface area (Å²) in [6.07, 6.45) is 0. The molecule has 21 heavy (non-hydrogen) atoms. The first-order chi connectivity index (χ1) is 9.82. The van der Waals surface area contributed by atoms with Gasteiger partial charge in [-0.3, -0.25) is 0 Å². The van der Waals surface area contributed by atoms with Gasteiger partial charge in [0.2, 0.25) is 0 Å². The first-order valence-electron chi connectivity index (χ1n) is 6.71. The van der Waals surface area contributed by atoms with E-state index in [-0.39, 0.29) is 25.9 Å². The largest absolute Gasteiger partial charge is 2.00 e. The van der Waals surface area contributed by atoms with Gasteiger partial charge in [0.05, 0.1) is 0 Å². The van der Waals surface area contributed by atoms with Crippen molar-refractivity contribution in [1.29, 1.82) is 0 Å². The van der Waals surface area contributed by atoms with Crippen LogP contribution in [0.4, 0.5) is 0 Å². The Morgan fingerprint density at radius 3 is 1.00 bits per heavy atom. The molecule has 1 nitrogen and oxygen atoms in total. The Morgan fingerprint density at radius 1 is 0.524 bits per heavy atom. The summed E-state index contributed by atoms with van der Waals surface area (Å²) in [5.41, 5.74) is 0. The van der Waals surface area contributed by atoms with Crippen molar-refractivity contribution < 1.29 is 7.65 Å². The molecule has 0 heterocycles. The molecule has 102 valence electrons. The molecule has 3 aromatic rings. The second kappa shape index (κ2) is 7.05. The van der Waals surface area contributed by atoms with Crippen LogP contribution in [0, 0.1) is 0 Å². The molecule has 0 saturated heterocycles. The van der Waals surface area contributed by atoms with Gasteiger partial charge in [0.25, 0.3) is 8.32 Å². The van der Waals surface area contributed by atoms with E-state index in [0.29, 0.717) is 0 Å². The first kappa shape index (κ1) is 16.0. The van der Waals surface area contributed by atoms with Gasteiger partial charge in [-0.1, -0.05) is 91.0 Å². The van der Waals surface area contributed by atoms with E-state index in [2.05, 4.69) is 0 Å². The normalized spacial score (nSPS) is 10.7. The Balaban J connectivity index is 0.00000161. The van der Waals surface area contributed by atoms with Crippen molar-refractivity contribution in [2.75, 3.05) is 0 Å². The van der Waals surface area contributed by atoms with Crippen LogP contribution in [0.2, 0.25) is 0 Å². The van der Waals surface area contributed by atoms with Crippen molar-refractivity contribution in [3.05, 3.63) is 91.0 Å². The molecule has 0 spiro atoms. The molecule has 0 atom stereocenters. The van der Waals surface area contributed by atoms with E-state index in [1.54, 1.807) is 0 Å². The first-order valence-corrected chi connectivity index (χ1v) is 8.65. The van der Waals surface area contributed by atoms with Gasteiger partial charge < -0.3 is 7.65 Å². The van der Waals surface area contributed by atoms with E-state index in [0.717, 1.165) is 15.6 Å². The maximum atomic E-state index is 11.6. The molecule has 0 bridgehead atoms. The monoisotopic (exact) mass is 302 g/mol. The van der Waals surface area contributed by atoms with Gasteiger partial charge >= 0.3 is 23.1 Å². The fourth-order valence-electron chi connectivity index (χ4n) is 2.54. The fraction of sp³-hybridized carbons (Fsp3) is 0. The van der Waals surface area contributed by atoms with Gasteiger partial charge in [0.15, 0.2) is 0 Å². The Hall–Kier alpha value is -1.40. The molecule has 0 amide bonds. The maximum absolute atomic E-state index is 11.6. The summed E-state index contributed by atoms with van der Waals surface area (Å²) in [4.78, 5) is 11.6. The zero-order valence-electron chi connectivity index (χ0n) is 13.8. The van der Waals surface area contributed by atoms with Crippen LogP contribution in [-0.4, -0.2) is 36.2 Å². The third-order valence-corrected chi connectivity index (χ3v) is 7.08. The average Bonchev–Trinajstić information content (AvgIpc) is 2.56. The molecule has 0 saturated carbocycles. The van der Waals surface area contributed by atoms with Crippen molar-refractivity contribution in [1.82, 2.24) is 0 Å². The Kier molecular flexibility index (Phi) is 5.36. The van der Waals surface area contributed by atoms with Crippen LogP contribution in [0.15, 0.2) is 91.0 Å². The minimum atomic E-state index is -2.88. The van der Waals surface area contributed by atoms with Gasteiger partial charge in [-0.05, 0) is 15.6 Å². The van der Waals surface area contributed by atoms with Crippen LogP contribution in [0.1, 0.15) is 2.85 Å². The Labute approximate surface area is 145 Å². The van der Waals surface area contributed by atoms with Crippen LogP contribution >= 0.6 is 0 Å². The molecule has 1 N–H and O–H groups in total. The number of rotatable bonds is 3. The summed E-state index contributed by atoms with van der Waals surface area (Å²) in [6.45, 7) is 0. The number of hydrogen-bond donors (Lipinski definition) is 1.